The Balaban J connectivity index is 1.86. The monoisotopic (exact) mass is 372 g/mol. The van der Waals surface area contributed by atoms with Crippen molar-refractivity contribution in [3.63, 3.8) is 0 Å². The summed E-state index contributed by atoms with van der Waals surface area (Å²) in [5.41, 5.74) is 3.29. The molecule has 2 aromatic carbocycles. The Morgan fingerprint density at radius 2 is 1.65 bits per heavy atom. The van der Waals surface area contributed by atoms with E-state index in [1.54, 1.807) is 12.1 Å². The van der Waals surface area contributed by atoms with E-state index in [0.29, 0.717) is 5.56 Å². The molecule has 5 nitrogen and oxygen atoms in total. The largest absolute Gasteiger partial charge is 0.321 e. The van der Waals surface area contributed by atoms with E-state index in [-0.39, 0.29) is 16.8 Å². The minimum Gasteiger partial charge on any atom is -0.321 e. The highest BCUT2D eigenvalue weighted by atomic mass is 32.2. The van der Waals surface area contributed by atoms with Gasteiger partial charge in [0.05, 0.1) is 4.90 Å². The summed E-state index contributed by atoms with van der Waals surface area (Å²) in [4.78, 5) is 12.9. The zero-order valence-electron chi connectivity index (χ0n) is 15.1. The topological polar surface area (TPSA) is 75.3 Å². The molecule has 0 unspecified atom stereocenters. The highest BCUT2D eigenvalue weighted by Gasteiger charge is 2.28. The highest BCUT2D eigenvalue weighted by molar-refractivity contribution is 7.89. The minimum atomic E-state index is -3.58. The van der Waals surface area contributed by atoms with Gasteiger partial charge in [-0.2, -0.15) is 0 Å². The molecule has 1 aliphatic carbocycles. The van der Waals surface area contributed by atoms with Gasteiger partial charge in [0.1, 0.15) is 0 Å². The van der Waals surface area contributed by atoms with E-state index in [0.717, 1.165) is 42.5 Å². The predicted octanol–water partition coefficient (Wildman–Crippen LogP) is 3.50. The van der Waals surface area contributed by atoms with Crippen molar-refractivity contribution >= 4 is 21.6 Å². The van der Waals surface area contributed by atoms with E-state index < -0.39 is 10.0 Å². The first-order valence-corrected chi connectivity index (χ1v) is 10.5. The van der Waals surface area contributed by atoms with Crippen LogP contribution >= 0.6 is 0 Å². The Kier molecular flexibility index (Phi) is 5.44. The summed E-state index contributed by atoms with van der Waals surface area (Å²) in [5.74, 6) is -0.302. The number of sulfonamides is 1. The van der Waals surface area contributed by atoms with Crippen molar-refractivity contribution in [1.29, 1.82) is 0 Å². The molecule has 138 valence electrons. The SMILES string of the molecule is CCc1cccc(CC)c1NC(=O)c1cccc(S(=O)(=O)NC2CC2)c1. The molecule has 3 rings (SSSR count). The van der Waals surface area contributed by atoms with Crippen LogP contribution in [0.3, 0.4) is 0 Å². The van der Waals surface area contributed by atoms with Gasteiger partial charge >= 0.3 is 0 Å². The van der Waals surface area contributed by atoms with Crippen LogP contribution in [-0.2, 0) is 22.9 Å². The molecule has 0 atom stereocenters. The third kappa shape index (κ3) is 4.14. The molecule has 0 spiro atoms. The van der Waals surface area contributed by atoms with Gasteiger partial charge in [-0.15, -0.1) is 0 Å². The zero-order chi connectivity index (χ0) is 18.7. The second-order valence-electron chi connectivity index (χ2n) is 6.54. The van der Waals surface area contributed by atoms with Gasteiger partial charge in [-0.05, 0) is 55.0 Å². The number of para-hydroxylation sites is 1. The summed E-state index contributed by atoms with van der Waals surface area (Å²) in [6, 6.07) is 12.2. The molecular formula is C20H24N2O3S. The number of carbonyl (C=O) groups is 1. The average molecular weight is 372 g/mol. The smallest absolute Gasteiger partial charge is 0.255 e. The molecule has 0 radical (unpaired) electrons. The summed E-state index contributed by atoms with van der Waals surface area (Å²) >= 11 is 0. The second kappa shape index (κ2) is 7.60. The van der Waals surface area contributed by atoms with E-state index in [1.807, 2.05) is 32.0 Å². The maximum absolute atomic E-state index is 12.7. The van der Waals surface area contributed by atoms with Crippen LogP contribution in [0.2, 0.25) is 0 Å². The lowest BCUT2D eigenvalue weighted by Crippen LogP contribution is -2.26. The van der Waals surface area contributed by atoms with Crippen molar-refractivity contribution in [3.05, 3.63) is 59.2 Å². The molecule has 26 heavy (non-hydrogen) atoms. The van der Waals surface area contributed by atoms with Gasteiger partial charge in [0.15, 0.2) is 0 Å². The van der Waals surface area contributed by atoms with E-state index >= 15 is 0 Å². The Labute approximate surface area is 154 Å². The maximum Gasteiger partial charge on any atom is 0.255 e. The quantitative estimate of drug-likeness (QED) is 0.781. The molecule has 6 heteroatoms. The van der Waals surface area contributed by atoms with Crippen LogP contribution < -0.4 is 10.0 Å². The third-order valence-corrected chi connectivity index (χ3v) is 6.06. The zero-order valence-corrected chi connectivity index (χ0v) is 15.9. The van der Waals surface area contributed by atoms with Crippen LogP contribution in [0.5, 0.6) is 0 Å². The Morgan fingerprint density at radius 3 is 2.23 bits per heavy atom. The predicted molar refractivity (Wildman–Crippen MR) is 103 cm³/mol. The molecule has 0 saturated heterocycles. The van der Waals surface area contributed by atoms with Gasteiger partial charge in [-0.1, -0.05) is 38.1 Å². The second-order valence-corrected chi connectivity index (χ2v) is 8.25. The molecule has 0 bridgehead atoms. The Bertz CT molecular complexity index is 896. The van der Waals surface area contributed by atoms with Crippen molar-refractivity contribution in [2.45, 2.75) is 50.5 Å². The fourth-order valence-electron chi connectivity index (χ4n) is 2.88. The summed E-state index contributed by atoms with van der Waals surface area (Å²) in [6.07, 6.45) is 3.35. The van der Waals surface area contributed by atoms with Gasteiger partial charge < -0.3 is 5.32 Å². The van der Waals surface area contributed by atoms with Crippen molar-refractivity contribution in [2.75, 3.05) is 5.32 Å². The van der Waals surface area contributed by atoms with Crippen LogP contribution in [0, 0.1) is 0 Å². The average Bonchev–Trinajstić information content (AvgIpc) is 3.45. The van der Waals surface area contributed by atoms with Crippen LogP contribution in [0.15, 0.2) is 47.4 Å². The lowest BCUT2D eigenvalue weighted by atomic mass is 10.0. The number of amides is 1. The summed E-state index contributed by atoms with van der Waals surface area (Å²) in [6.45, 7) is 4.09. The van der Waals surface area contributed by atoms with Gasteiger partial charge in [0, 0.05) is 17.3 Å². The molecule has 1 aliphatic rings. The number of anilines is 1. The van der Waals surface area contributed by atoms with Gasteiger partial charge in [0.25, 0.3) is 5.91 Å². The molecule has 0 aromatic heterocycles. The number of aryl methyl sites for hydroxylation is 2. The van der Waals surface area contributed by atoms with Crippen molar-refractivity contribution in [2.24, 2.45) is 0 Å². The minimum absolute atomic E-state index is 0.0287. The number of carbonyl (C=O) groups excluding carboxylic acids is 1. The standard InChI is InChI=1S/C20H24N2O3S/c1-3-14-7-5-8-15(4-2)19(14)21-20(23)16-9-6-10-18(13-16)26(24,25)22-17-11-12-17/h5-10,13,17,22H,3-4,11-12H2,1-2H3,(H,21,23). The molecule has 0 aliphatic heterocycles. The molecule has 0 heterocycles. The number of nitrogens with one attached hydrogen (secondary N) is 2. The first-order valence-electron chi connectivity index (χ1n) is 8.99. The first kappa shape index (κ1) is 18.6. The molecule has 1 amide bonds. The maximum atomic E-state index is 12.7. The first-order chi connectivity index (χ1) is 12.4. The van der Waals surface area contributed by atoms with Gasteiger partial charge in [-0.25, -0.2) is 13.1 Å². The Morgan fingerprint density at radius 1 is 1.04 bits per heavy atom. The van der Waals surface area contributed by atoms with Crippen molar-refractivity contribution < 1.29 is 13.2 Å². The fourth-order valence-corrected chi connectivity index (χ4v) is 4.23. The number of hydrogen-bond acceptors (Lipinski definition) is 3. The van der Waals surface area contributed by atoms with Crippen LogP contribution in [0.4, 0.5) is 5.69 Å². The van der Waals surface area contributed by atoms with E-state index in [2.05, 4.69) is 10.0 Å². The van der Waals surface area contributed by atoms with Crippen molar-refractivity contribution in [1.82, 2.24) is 4.72 Å². The summed E-state index contributed by atoms with van der Waals surface area (Å²) in [7, 11) is -3.58. The highest BCUT2D eigenvalue weighted by Crippen LogP contribution is 2.25. The van der Waals surface area contributed by atoms with Gasteiger partial charge in [0.2, 0.25) is 10.0 Å². The fraction of sp³-hybridized carbons (Fsp3) is 0.350. The third-order valence-electron chi connectivity index (χ3n) is 4.54. The number of hydrogen-bond donors (Lipinski definition) is 2. The molecule has 2 N–H and O–H groups in total. The van der Waals surface area contributed by atoms with Gasteiger partial charge in [-0.3, -0.25) is 4.79 Å². The number of rotatable bonds is 7. The lowest BCUT2D eigenvalue weighted by molar-refractivity contribution is 0.102. The lowest BCUT2D eigenvalue weighted by Gasteiger charge is -2.15. The van der Waals surface area contributed by atoms with Crippen LogP contribution in [0.25, 0.3) is 0 Å². The van der Waals surface area contributed by atoms with Crippen molar-refractivity contribution in [3.8, 4) is 0 Å². The van der Waals surface area contributed by atoms with E-state index in [1.165, 1.54) is 12.1 Å². The molecular weight excluding hydrogens is 348 g/mol. The summed E-state index contributed by atoms with van der Waals surface area (Å²) in [5, 5.41) is 2.97. The van der Waals surface area contributed by atoms with E-state index in [4.69, 9.17) is 0 Å². The molecule has 2 aromatic rings. The summed E-state index contributed by atoms with van der Waals surface area (Å²) < 4.78 is 27.4. The van der Waals surface area contributed by atoms with Crippen LogP contribution in [-0.4, -0.2) is 20.4 Å². The molecule has 1 fully saturated rings. The molecule has 1 saturated carbocycles. The Hall–Kier alpha value is -2.18. The normalized spacial score (nSPS) is 14.2. The number of benzene rings is 2. The van der Waals surface area contributed by atoms with Crippen LogP contribution in [0.1, 0.15) is 48.2 Å². The van der Waals surface area contributed by atoms with E-state index in [9.17, 15) is 13.2 Å².